The molecule has 3 heterocycles. The molecular formula is C24H28N4O5S. The molecule has 3 aromatic rings. The number of aryl methyl sites for hydroxylation is 1. The molecule has 1 aliphatic rings. The number of nitrogens with one attached hydrogen (secondary N) is 2. The number of amides is 3. The number of fused-ring (bicyclic) bond motifs is 1. The summed E-state index contributed by atoms with van der Waals surface area (Å²) >= 11 is 1.84. The number of benzene rings is 1. The van der Waals surface area contributed by atoms with Crippen LogP contribution in [0.3, 0.4) is 0 Å². The molecular weight excluding hydrogens is 456 g/mol. The first-order valence-electron chi connectivity index (χ1n) is 11.0. The number of aromatic nitrogens is 1. The predicted molar refractivity (Wildman–Crippen MR) is 133 cm³/mol. The molecule has 0 saturated carbocycles. The van der Waals surface area contributed by atoms with E-state index in [4.69, 9.17) is 9.15 Å². The lowest BCUT2D eigenvalue weighted by Gasteiger charge is -2.25. The Labute approximate surface area is 201 Å². The monoisotopic (exact) mass is 484 g/mol. The molecule has 2 aromatic heterocycles. The minimum absolute atomic E-state index is 0.115. The van der Waals surface area contributed by atoms with Crippen LogP contribution < -0.4 is 10.6 Å². The first kappa shape index (κ1) is 23.7. The Bertz CT molecular complexity index is 1230. The molecule has 4 rings (SSSR count). The normalized spacial score (nSPS) is 14.2. The number of nitrogens with zero attached hydrogens (tertiary/aromatic N) is 2. The van der Waals surface area contributed by atoms with E-state index in [1.165, 1.54) is 0 Å². The Morgan fingerprint density at radius 1 is 1.03 bits per heavy atom. The molecule has 2 N–H and O–H groups in total. The number of anilines is 2. The zero-order valence-corrected chi connectivity index (χ0v) is 20.5. The Balaban J connectivity index is 1.45. The van der Waals surface area contributed by atoms with E-state index in [2.05, 4.69) is 10.6 Å². The fourth-order valence-electron chi connectivity index (χ4n) is 3.62. The Morgan fingerprint density at radius 3 is 2.47 bits per heavy atom. The maximum absolute atomic E-state index is 12.9. The third-order valence-electron chi connectivity index (χ3n) is 5.17. The first-order valence-corrected chi connectivity index (χ1v) is 12.1. The predicted octanol–water partition coefficient (Wildman–Crippen LogP) is 4.56. The summed E-state index contributed by atoms with van der Waals surface area (Å²) in [5, 5.41) is 6.21. The van der Waals surface area contributed by atoms with Crippen LogP contribution in [0.5, 0.6) is 0 Å². The zero-order valence-electron chi connectivity index (χ0n) is 19.6. The van der Waals surface area contributed by atoms with Gasteiger partial charge < -0.3 is 23.9 Å². The van der Waals surface area contributed by atoms with Crippen molar-refractivity contribution >= 4 is 52.0 Å². The van der Waals surface area contributed by atoms with Crippen LogP contribution in [0.25, 0.3) is 11.0 Å². The van der Waals surface area contributed by atoms with Gasteiger partial charge in [0.1, 0.15) is 16.9 Å². The quantitative estimate of drug-likeness (QED) is 0.562. The standard InChI is InChI=1S/C24H28N4O5S/c1-24(2,3)33-23(31)26-17-13-18(27(4)14-17)21(29)25-16-5-6-19-15(11-16)12-20(32-19)22(30)28-7-9-34-10-8-28/h5-6,11-14H,7-10H2,1-4H3,(H,25,29)(H,26,31). The Hall–Kier alpha value is -3.40. The van der Waals surface area contributed by atoms with Gasteiger partial charge in [-0.15, -0.1) is 0 Å². The van der Waals surface area contributed by atoms with E-state index in [-0.39, 0.29) is 11.8 Å². The molecule has 34 heavy (non-hydrogen) atoms. The van der Waals surface area contributed by atoms with Crippen LogP contribution >= 0.6 is 11.8 Å². The number of carbonyl (C=O) groups excluding carboxylic acids is 3. The molecule has 3 amide bonds. The van der Waals surface area contributed by atoms with E-state index >= 15 is 0 Å². The van der Waals surface area contributed by atoms with E-state index in [0.29, 0.717) is 41.5 Å². The summed E-state index contributed by atoms with van der Waals surface area (Å²) in [5.74, 6) is 1.69. The van der Waals surface area contributed by atoms with E-state index < -0.39 is 11.7 Å². The van der Waals surface area contributed by atoms with Crippen LogP contribution in [0.1, 0.15) is 41.8 Å². The van der Waals surface area contributed by atoms with Crippen LogP contribution in [-0.2, 0) is 11.8 Å². The topological polar surface area (TPSA) is 106 Å². The molecule has 1 fully saturated rings. The summed E-state index contributed by atoms with van der Waals surface area (Å²) in [7, 11) is 1.71. The molecule has 0 unspecified atom stereocenters. The van der Waals surface area contributed by atoms with Crippen molar-refractivity contribution in [2.75, 3.05) is 35.2 Å². The van der Waals surface area contributed by atoms with Gasteiger partial charge in [0, 0.05) is 48.9 Å². The number of hydrogen-bond donors (Lipinski definition) is 2. The summed E-state index contributed by atoms with van der Waals surface area (Å²) in [6, 6.07) is 8.50. The summed E-state index contributed by atoms with van der Waals surface area (Å²) < 4.78 is 12.6. The van der Waals surface area contributed by atoms with Crippen LogP contribution in [0.4, 0.5) is 16.2 Å². The van der Waals surface area contributed by atoms with Crippen molar-refractivity contribution in [3.8, 4) is 0 Å². The number of ether oxygens (including phenoxy) is 1. The van der Waals surface area contributed by atoms with Crippen LogP contribution in [0.2, 0.25) is 0 Å². The Kier molecular flexibility index (Phi) is 6.60. The van der Waals surface area contributed by atoms with Gasteiger partial charge in [-0.3, -0.25) is 14.9 Å². The number of hydrogen-bond acceptors (Lipinski definition) is 6. The number of thioether (sulfide) groups is 1. The highest BCUT2D eigenvalue weighted by Gasteiger charge is 2.22. The summed E-state index contributed by atoms with van der Waals surface area (Å²) in [5.41, 5.74) is 1.33. The average Bonchev–Trinajstić information content (AvgIpc) is 3.35. The Morgan fingerprint density at radius 2 is 1.76 bits per heavy atom. The molecule has 9 nitrogen and oxygen atoms in total. The minimum atomic E-state index is -0.623. The molecule has 1 aromatic carbocycles. The summed E-state index contributed by atoms with van der Waals surface area (Å²) in [6.07, 6.45) is 1.04. The third kappa shape index (κ3) is 5.56. The molecule has 1 aliphatic heterocycles. The molecule has 180 valence electrons. The maximum atomic E-state index is 12.9. The van der Waals surface area contributed by atoms with Gasteiger partial charge in [0.15, 0.2) is 5.76 Å². The minimum Gasteiger partial charge on any atom is -0.451 e. The maximum Gasteiger partial charge on any atom is 0.412 e. The average molecular weight is 485 g/mol. The lowest BCUT2D eigenvalue weighted by Crippen LogP contribution is -2.37. The summed E-state index contributed by atoms with van der Waals surface area (Å²) in [4.78, 5) is 39.4. The lowest BCUT2D eigenvalue weighted by molar-refractivity contribution is 0.0635. The van der Waals surface area contributed by atoms with Crippen molar-refractivity contribution in [2.45, 2.75) is 26.4 Å². The van der Waals surface area contributed by atoms with Gasteiger partial charge in [-0.2, -0.15) is 11.8 Å². The number of rotatable bonds is 4. The summed E-state index contributed by atoms with van der Waals surface area (Å²) in [6.45, 7) is 6.75. The molecule has 0 aliphatic carbocycles. The van der Waals surface area contributed by atoms with Gasteiger partial charge in [0.25, 0.3) is 11.8 Å². The highest BCUT2D eigenvalue weighted by atomic mass is 32.2. The largest absolute Gasteiger partial charge is 0.451 e. The number of furan rings is 1. The second kappa shape index (κ2) is 9.46. The van der Waals surface area contributed by atoms with E-state index in [9.17, 15) is 14.4 Å². The number of carbonyl (C=O) groups is 3. The highest BCUT2D eigenvalue weighted by Crippen LogP contribution is 2.25. The van der Waals surface area contributed by atoms with Crippen molar-refractivity contribution in [1.82, 2.24) is 9.47 Å². The molecule has 0 atom stereocenters. The second-order valence-corrected chi connectivity index (χ2v) is 10.3. The van der Waals surface area contributed by atoms with Gasteiger partial charge in [-0.05, 0) is 51.1 Å². The first-order chi connectivity index (χ1) is 16.1. The van der Waals surface area contributed by atoms with Crippen LogP contribution in [0.15, 0.2) is 40.9 Å². The highest BCUT2D eigenvalue weighted by molar-refractivity contribution is 7.99. The van der Waals surface area contributed by atoms with Gasteiger partial charge in [-0.25, -0.2) is 4.79 Å². The lowest BCUT2D eigenvalue weighted by atomic mass is 10.2. The van der Waals surface area contributed by atoms with Crippen molar-refractivity contribution in [3.63, 3.8) is 0 Å². The molecule has 0 radical (unpaired) electrons. The van der Waals surface area contributed by atoms with Crippen molar-refractivity contribution in [2.24, 2.45) is 7.05 Å². The van der Waals surface area contributed by atoms with Gasteiger partial charge in [0.2, 0.25) is 0 Å². The van der Waals surface area contributed by atoms with Gasteiger partial charge in [-0.1, -0.05) is 0 Å². The van der Waals surface area contributed by atoms with Crippen molar-refractivity contribution < 1.29 is 23.5 Å². The van der Waals surface area contributed by atoms with E-state index in [0.717, 1.165) is 16.9 Å². The van der Waals surface area contributed by atoms with Crippen LogP contribution in [-0.4, -0.2) is 57.6 Å². The molecule has 1 saturated heterocycles. The van der Waals surface area contributed by atoms with Crippen LogP contribution in [0, 0.1) is 0 Å². The zero-order chi connectivity index (χ0) is 24.5. The van der Waals surface area contributed by atoms with E-state index in [1.54, 1.807) is 73.8 Å². The van der Waals surface area contributed by atoms with Gasteiger partial charge in [0.05, 0.1) is 5.69 Å². The van der Waals surface area contributed by atoms with Crippen molar-refractivity contribution in [1.29, 1.82) is 0 Å². The molecule has 0 bridgehead atoms. The van der Waals surface area contributed by atoms with Crippen molar-refractivity contribution in [3.05, 3.63) is 48.0 Å². The molecule has 0 spiro atoms. The fraction of sp³-hybridized carbons (Fsp3) is 0.375. The second-order valence-electron chi connectivity index (χ2n) is 9.07. The molecule has 10 heteroatoms. The third-order valence-corrected chi connectivity index (χ3v) is 6.11. The smallest absolute Gasteiger partial charge is 0.412 e. The van der Waals surface area contributed by atoms with E-state index in [1.807, 2.05) is 11.8 Å². The SMILES string of the molecule is Cn1cc(NC(=O)OC(C)(C)C)cc1C(=O)Nc1ccc2oc(C(=O)N3CCSCC3)cc2c1. The fourth-order valence-corrected chi connectivity index (χ4v) is 4.53. The van der Waals surface area contributed by atoms with Gasteiger partial charge >= 0.3 is 6.09 Å².